The molecule has 0 amide bonds. The summed E-state index contributed by atoms with van der Waals surface area (Å²) in [5, 5.41) is 0. The number of halogens is 1. The zero-order chi connectivity index (χ0) is 12.5. The van der Waals surface area contributed by atoms with Crippen molar-refractivity contribution in [2.24, 2.45) is 23.5 Å². The minimum Gasteiger partial charge on any atom is -0.330 e. The number of nitrogens with two attached hydrogens (primary N) is 1. The van der Waals surface area contributed by atoms with Crippen molar-refractivity contribution in [3.63, 3.8) is 0 Å². The van der Waals surface area contributed by atoms with Crippen molar-refractivity contribution in [3.05, 3.63) is 35.9 Å². The lowest BCUT2D eigenvalue weighted by molar-refractivity contribution is 0.306. The normalized spacial score (nSPS) is 34.0. The fourth-order valence-corrected chi connectivity index (χ4v) is 3.41. The van der Waals surface area contributed by atoms with Crippen LogP contribution in [0.1, 0.15) is 24.8 Å². The van der Waals surface area contributed by atoms with Crippen molar-refractivity contribution >= 4 is 12.4 Å². The summed E-state index contributed by atoms with van der Waals surface area (Å²) in [5.41, 5.74) is 7.44. The van der Waals surface area contributed by atoms with E-state index in [1.165, 1.54) is 31.6 Å². The molecule has 4 atom stereocenters. The largest absolute Gasteiger partial charge is 0.330 e. The van der Waals surface area contributed by atoms with Crippen molar-refractivity contribution in [3.8, 4) is 0 Å². The number of benzene rings is 1. The molecule has 1 aromatic rings. The highest BCUT2D eigenvalue weighted by Gasteiger charge is 2.38. The van der Waals surface area contributed by atoms with Gasteiger partial charge in [-0.05, 0) is 36.3 Å². The van der Waals surface area contributed by atoms with Gasteiger partial charge in [0.2, 0.25) is 0 Å². The molecule has 2 aliphatic rings. The van der Waals surface area contributed by atoms with E-state index >= 15 is 0 Å². The predicted octanol–water partition coefficient (Wildman–Crippen LogP) is 2.74. The van der Waals surface area contributed by atoms with Crippen LogP contribution in [0.4, 0.5) is 0 Å². The molecular weight excluding hydrogens is 256 g/mol. The van der Waals surface area contributed by atoms with Crippen LogP contribution in [0.3, 0.4) is 0 Å². The van der Waals surface area contributed by atoms with Crippen LogP contribution < -0.4 is 5.73 Å². The Kier molecular flexibility index (Phi) is 4.88. The summed E-state index contributed by atoms with van der Waals surface area (Å²) in [7, 11) is 0. The SMILES string of the molecule is CC1CC1CN1C[C@@H](CN)[C@H](c2ccccc2)C1.Cl. The Hall–Kier alpha value is -0.570. The summed E-state index contributed by atoms with van der Waals surface area (Å²) in [6.45, 7) is 6.88. The average molecular weight is 281 g/mol. The number of hydrogen-bond donors (Lipinski definition) is 1. The lowest BCUT2D eigenvalue weighted by atomic mass is 9.89. The third-order valence-corrected chi connectivity index (χ3v) is 4.82. The lowest BCUT2D eigenvalue weighted by Gasteiger charge is -2.16. The Morgan fingerprint density at radius 1 is 1.16 bits per heavy atom. The molecule has 1 saturated carbocycles. The Bertz CT molecular complexity index is 395. The number of hydrogen-bond acceptors (Lipinski definition) is 2. The second-order valence-electron chi connectivity index (χ2n) is 6.20. The van der Waals surface area contributed by atoms with Gasteiger partial charge in [-0.25, -0.2) is 0 Å². The van der Waals surface area contributed by atoms with E-state index in [-0.39, 0.29) is 12.4 Å². The molecule has 1 saturated heterocycles. The van der Waals surface area contributed by atoms with Crippen molar-refractivity contribution in [1.29, 1.82) is 0 Å². The maximum Gasteiger partial charge on any atom is 0.00541 e. The van der Waals surface area contributed by atoms with Gasteiger partial charge in [0.15, 0.2) is 0 Å². The molecule has 3 rings (SSSR count). The molecule has 0 radical (unpaired) electrons. The summed E-state index contributed by atoms with van der Waals surface area (Å²) >= 11 is 0. The van der Waals surface area contributed by atoms with E-state index < -0.39 is 0 Å². The highest BCUT2D eigenvalue weighted by Crippen LogP contribution is 2.40. The number of likely N-dealkylation sites (tertiary alicyclic amines) is 1. The lowest BCUT2D eigenvalue weighted by Crippen LogP contribution is -2.25. The van der Waals surface area contributed by atoms with E-state index in [9.17, 15) is 0 Å². The molecule has 0 spiro atoms. The van der Waals surface area contributed by atoms with Crippen molar-refractivity contribution < 1.29 is 0 Å². The van der Waals surface area contributed by atoms with Gasteiger partial charge >= 0.3 is 0 Å². The highest BCUT2D eigenvalue weighted by atomic mass is 35.5. The molecular formula is C16H25ClN2. The molecule has 0 aromatic heterocycles. The van der Waals surface area contributed by atoms with Gasteiger partial charge in [-0.1, -0.05) is 37.3 Å². The molecule has 2 fully saturated rings. The van der Waals surface area contributed by atoms with Gasteiger partial charge in [0.25, 0.3) is 0 Å². The second kappa shape index (κ2) is 6.25. The molecule has 2 N–H and O–H groups in total. The predicted molar refractivity (Wildman–Crippen MR) is 82.7 cm³/mol. The number of nitrogens with zero attached hydrogens (tertiary/aromatic N) is 1. The maximum absolute atomic E-state index is 5.97. The number of rotatable bonds is 4. The summed E-state index contributed by atoms with van der Waals surface area (Å²) < 4.78 is 0. The quantitative estimate of drug-likeness (QED) is 0.919. The van der Waals surface area contributed by atoms with E-state index in [1.54, 1.807) is 0 Å². The van der Waals surface area contributed by atoms with Crippen LogP contribution in [0.25, 0.3) is 0 Å². The first-order valence-corrected chi connectivity index (χ1v) is 7.25. The van der Waals surface area contributed by atoms with Crippen LogP contribution in [-0.4, -0.2) is 31.1 Å². The van der Waals surface area contributed by atoms with Crippen LogP contribution in [-0.2, 0) is 0 Å². The minimum atomic E-state index is 0. The summed E-state index contributed by atoms with van der Waals surface area (Å²) in [6, 6.07) is 10.9. The Morgan fingerprint density at radius 2 is 1.84 bits per heavy atom. The molecule has 3 heteroatoms. The zero-order valence-corrected chi connectivity index (χ0v) is 12.5. The molecule has 19 heavy (non-hydrogen) atoms. The van der Waals surface area contributed by atoms with Gasteiger partial charge in [-0.15, -0.1) is 12.4 Å². The topological polar surface area (TPSA) is 29.3 Å². The first kappa shape index (κ1) is 14.8. The molecule has 106 valence electrons. The maximum atomic E-state index is 5.97. The van der Waals surface area contributed by atoms with E-state index in [4.69, 9.17) is 5.73 Å². The summed E-state index contributed by atoms with van der Waals surface area (Å²) in [4.78, 5) is 2.64. The molecule has 2 nitrogen and oxygen atoms in total. The molecule has 1 aliphatic heterocycles. The van der Waals surface area contributed by atoms with Crippen LogP contribution in [0.2, 0.25) is 0 Å². The molecule has 0 bridgehead atoms. The van der Waals surface area contributed by atoms with Crippen LogP contribution in [0.15, 0.2) is 30.3 Å². The smallest absolute Gasteiger partial charge is 0.00541 e. The van der Waals surface area contributed by atoms with E-state index in [2.05, 4.69) is 42.2 Å². The molecule has 1 heterocycles. The fourth-order valence-electron chi connectivity index (χ4n) is 3.41. The standard InChI is InChI=1S/C16H24N2.ClH/c1-12-7-14(12)9-18-10-15(8-17)16(11-18)13-5-3-2-4-6-13;/h2-6,12,14-16H,7-11,17H2,1H3;1H/t12?,14?,15-,16+;/m1./s1. The van der Waals surface area contributed by atoms with Gasteiger partial charge in [0, 0.05) is 25.6 Å². The third-order valence-electron chi connectivity index (χ3n) is 4.82. The third kappa shape index (κ3) is 3.31. The van der Waals surface area contributed by atoms with Crippen LogP contribution in [0, 0.1) is 17.8 Å². The average Bonchev–Trinajstić information content (AvgIpc) is 2.92. The van der Waals surface area contributed by atoms with Gasteiger partial charge in [-0.2, -0.15) is 0 Å². The van der Waals surface area contributed by atoms with Gasteiger partial charge in [-0.3, -0.25) is 0 Å². The van der Waals surface area contributed by atoms with Gasteiger partial charge in [0.1, 0.15) is 0 Å². The highest BCUT2D eigenvalue weighted by molar-refractivity contribution is 5.85. The monoisotopic (exact) mass is 280 g/mol. The summed E-state index contributed by atoms with van der Waals surface area (Å²) in [6.07, 6.45) is 1.43. The Labute approximate surface area is 122 Å². The van der Waals surface area contributed by atoms with E-state index in [1.807, 2.05) is 0 Å². The van der Waals surface area contributed by atoms with Crippen molar-refractivity contribution in [1.82, 2.24) is 4.90 Å². The molecule has 1 aromatic carbocycles. The molecule has 1 aliphatic carbocycles. The van der Waals surface area contributed by atoms with E-state index in [0.29, 0.717) is 11.8 Å². The van der Waals surface area contributed by atoms with Crippen LogP contribution in [0.5, 0.6) is 0 Å². The van der Waals surface area contributed by atoms with Crippen LogP contribution >= 0.6 is 12.4 Å². The first-order chi connectivity index (χ1) is 8.78. The second-order valence-corrected chi connectivity index (χ2v) is 6.20. The Morgan fingerprint density at radius 3 is 2.42 bits per heavy atom. The van der Waals surface area contributed by atoms with Crippen molar-refractivity contribution in [2.75, 3.05) is 26.2 Å². The van der Waals surface area contributed by atoms with E-state index in [0.717, 1.165) is 18.4 Å². The Balaban J connectivity index is 0.00000133. The van der Waals surface area contributed by atoms with Gasteiger partial charge in [0.05, 0.1) is 0 Å². The first-order valence-electron chi connectivity index (χ1n) is 7.25. The summed E-state index contributed by atoms with van der Waals surface area (Å²) in [5.74, 6) is 3.20. The van der Waals surface area contributed by atoms with Crippen molar-refractivity contribution in [2.45, 2.75) is 19.3 Å². The minimum absolute atomic E-state index is 0. The fraction of sp³-hybridized carbons (Fsp3) is 0.625. The zero-order valence-electron chi connectivity index (χ0n) is 11.7. The van der Waals surface area contributed by atoms with Gasteiger partial charge < -0.3 is 10.6 Å². The molecule has 2 unspecified atom stereocenters.